The Bertz CT molecular complexity index is 480. The number of hydrogen-bond donors (Lipinski definition) is 2. The summed E-state index contributed by atoms with van der Waals surface area (Å²) < 4.78 is 29.5. The molecule has 1 fully saturated rings. The minimum Gasteiger partial charge on any atom is -0.453 e. The maximum Gasteiger partial charge on any atom is 0.406 e. The van der Waals surface area contributed by atoms with E-state index in [-0.39, 0.29) is 18.5 Å². The lowest BCUT2D eigenvalue weighted by Crippen LogP contribution is -2.43. The van der Waals surface area contributed by atoms with Gasteiger partial charge in [0, 0.05) is 19.6 Å². The highest BCUT2D eigenvalue weighted by Gasteiger charge is 2.27. The van der Waals surface area contributed by atoms with Crippen molar-refractivity contribution >= 4 is 6.09 Å². The topological polar surface area (TPSA) is 68.8 Å². The lowest BCUT2D eigenvalue weighted by atomic mass is 10.0. The van der Waals surface area contributed by atoms with E-state index < -0.39 is 12.2 Å². The summed E-state index contributed by atoms with van der Waals surface area (Å²) in [6.07, 6.45) is -1.11. The molecule has 0 radical (unpaired) electrons. The first-order valence-electron chi connectivity index (χ1n) is 7.22. The molecule has 1 unspecified atom stereocenters. The second-order valence-corrected chi connectivity index (χ2v) is 4.88. The maximum absolute atomic E-state index is 13.4. The van der Waals surface area contributed by atoms with Crippen molar-refractivity contribution < 1.29 is 23.4 Å². The third-order valence-corrected chi connectivity index (χ3v) is 3.33. The highest BCUT2D eigenvalue weighted by Crippen LogP contribution is 2.25. The maximum atomic E-state index is 13.4. The average Bonchev–Trinajstić information content (AvgIpc) is 2.55. The van der Waals surface area contributed by atoms with E-state index in [9.17, 15) is 9.18 Å². The van der Waals surface area contributed by atoms with Crippen LogP contribution in [0.2, 0.25) is 0 Å². The number of halogens is 1. The van der Waals surface area contributed by atoms with Gasteiger partial charge in [0.2, 0.25) is 0 Å². The third kappa shape index (κ3) is 4.94. The number of nitrogens with one attached hydrogen (secondary N) is 2. The fourth-order valence-electron chi connectivity index (χ4n) is 2.29. The molecule has 1 aliphatic rings. The van der Waals surface area contributed by atoms with E-state index in [1.807, 2.05) is 0 Å². The number of amides is 1. The van der Waals surface area contributed by atoms with E-state index in [2.05, 4.69) is 15.4 Å². The van der Waals surface area contributed by atoms with Crippen LogP contribution in [0.1, 0.15) is 11.7 Å². The predicted molar refractivity (Wildman–Crippen MR) is 78.1 cm³/mol. The monoisotopic (exact) mass is 312 g/mol. The van der Waals surface area contributed by atoms with E-state index in [1.54, 1.807) is 12.1 Å². The quantitative estimate of drug-likeness (QED) is 0.773. The van der Waals surface area contributed by atoms with Crippen molar-refractivity contribution in [1.82, 2.24) is 10.6 Å². The van der Waals surface area contributed by atoms with E-state index in [1.165, 1.54) is 19.2 Å². The molecular weight excluding hydrogens is 291 g/mol. The average molecular weight is 312 g/mol. The van der Waals surface area contributed by atoms with E-state index in [0.717, 1.165) is 6.54 Å². The Morgan fingerprint density at radius 2 is 2.45 bits per heavy atom. The molecule has 2 N–H and O–H groups in total. The molecule has 0 bridgehead atoms. The Hall–Kier alpha value is -1.70. The van der Waals surface area contributed by atoms with Crippen LogP contribution in [0, 0.1) is 5.82 Å². The summed E-state index contributed by atoms with van der Waals surface area (Å²) in [5.74, 6) is -0.317. The van der Waals surface area contributed by atoms with Crippen LogP contribution in [0.5, 0.6) is 0 Å². The Morgan fingerprint density at radius 3 is 3.14 bits per heavy atom. The molecule has 1 amide bonds. The van der Waals surface area contributed by atoms with Gasteiger partial charge in [-0.1, -0.05) is 12.1 Å². The minimum atomic E-state index is -0.513. The van der Waals surface area contributed by atoms with E-state index in [4.69, 9.17) is 9.47 Å². The van der Waals surface area contributed by atoms with E-state index >= 15 is 0 Å². The smallest absolute Gasteiger partial charge is 0.406 e. The summed E-state index contributed by atoms with van der Waals surface area (Å²) in [5.41, 5.74) is 0.715. The molecule has 2 atom stereocenters. The molecule has 1 saturated heterocycles. The first kappa shape index (κ1) is 16.7. The Labute approximate surface area is 128 Å². The fourth-order valence-corrected chi connectivity index (χ4v) is 2.29. The Morgan fingerprint density at radius 1 is 1.59 bits per heavy atom. The molecule has 0 saturated carbocycles. The zero-order valence-corrected chi connectivity index (χ0v) is 12.5. The lowest BCUT2D eigenvalue weighted by Gasteiger charge is -2.31. The van der Waals surface area contributed by atoms with Gasteiger partial charge in [-0.05, 0) is 17.7 Å². The van der Waals surface area contributed by atoms with Gasteiger partial charge in [0.25, 0.3) is 0 Å². The summed E-state index contributed by atoms with van der Waals surface area (Å²) >= 11 is 0. The first-order chi connectivity index (χ1) is 10.7. The summed E-state index contributed by atoms with van der Waals surface area (Å²) in [5, 5.41) is 5.77. The molecule has 0 aliphatic carbocycles. The van der Waals surface area contributed by atoms with Crippen LogP contribution >= 0.6 is 0 Å². The number of carbonyl (C=O) groups excluding carboxylic acids is 1. The first-order valence-corrected chi connectivity index (χ1v) is 7.22. The number of hydrogen-bond acceptors (Lipinski definition) is 5. The van der Waals surface area contributed by atoms with Crippen molar-refractivity contribution in [2.75, 3.05) is 40.0 Å². The largest absolute Gasteiger partial charge is 0.453 e. The molecule has 0 spiro atoms. The number of methoxy groups -OCH3 is 1. The number of rotatable bonds is 6. The van der Waals surface area contributed by atoms with Gasteiger partial charge in [-0.3, -0.25) is 0 Å². The summed E-state index contributed by atoms with van der Waals surface area (Å²) in [6.45, 7) is 2.58. The zero-order valence-electron chi connectivity index (χ0n) is 12.5. The van der Waals surface area contributed by atoms with Crippen molar-refractivity contribution in [3.63, 3.8) is 0 Å². The SMILES string of the molecule is COC(=O)NCCOC(c1cccc(F)c1)[C@H]1CNCCO1. The van der Waals surface area contributed by atoms with Crippen molar-refractivity contribution in [1.29, 1.82) is 0 Å². The van der Waals surface area contributed by atoms with Crippen LogP contribution in [-0.4, -0.2) is 52.2 Å². The van der Waals surface area contributed by atoms with Gasteiger partial charge in [0.15, 0.2) is 0 Å². The summed E-state index contributed by atoms with van der Waals surface area (Å²) in [4.78, 5) is 11.0. The Kier molecular flexibility index (Phi) is 6.57. The van der Waals surface area contributed by atoms with Gasteiger partial charge in [0.05, 0.1) is 20.3 Å². The van der Waals surface area contributed by atoms with Crippen molar-refractivity contribution in [2.45, 2.75) is 12.2 Å². The molecule has 6 nitrogen and oxygen atoms in total. The molecule has 22 heavy (non-hydrogen) atoms. The molecule has 1 aliphatic heterocycles. The van der Waals surface area contributed by atoms with Crippen LogP contribution in [-0.2, 0) is 14.2 Å². The molecular formula is C15H21FN2O4. The molecule has 1 heterocycles. The van der Waals surface area contributed by atoms with Crippen LogP contribution in [0.15, 0.2) is 24.3 Å². The summed E-state index contributed by atoms with van der Waals surface area (Å²) in [7, 11) is 1.30. The van der Waals surface area contributed by atoms with Gasteiger partial charge in [-0.15, -0.1) is 0 Å². The van der Waals surface area contributed by atoms with Crippen LogP contribution in [0.4, 0.5) is 9.18 Å². The molecule has 2 rings (SSSR count). The van der Waals surface area contributed by atoms with Gasteiger partial charge in [-0.2, -0.15) is 0 Å². The highest BCUT2D eigenvalue weighted by atomic mass is 19.1. The normalized spacial score (nSPS) is 19.5. The fraction of sp³-hybridized carbons (Fsp3) is 0.533. The zero-order chi connectivity index (χ0) is 15.8. The van der Waals surface area contributed by atoms with Gasteiger partial charge >= 0.3 is 6.09 Å². The molecule has 7 heteroatoms. The minimum absolute atomic E-state index is 0.200. The van der Waals surface area contributed by atoms with Gasteiger partial charge < -0.3 is 24.8 Å². The van der Waals surface area contributed by atoms with Crippen LogP contribution in [0.25, 0.3) is 0 Å². The number of morpholine rings is 1. The number of carbonyl (C=O) groups is 1. The number of alkyl carbamates (subject to hydrolysis) is 1. The molecule has 1 aromatic rings. The summed E-state index contributed by atoms with van der Waals surface area (Å²) in [6, 6.07) is 6.28. The van der Waals surface area contributed by atoms with E-state index in [0.29, 0.717) is 25.3 Å². The number of ether oxygens (including phenoxy) is 3. The predicted octanol–water partition coefficient (Wildman–Crippen LogP) is 1.23. The second kappa shape index (κ2) is 8.67. The second-order valence-electron chi connectivity index (χ2n) is 4.88. The van der Waals surface area contributed by atoms with Crippen LogP contribution < -0.4 is 10.6 Å². The molecule has 0 aromatic heterocycles. The standard InChI is InChI=1S/C15H21FN2O4/c1-20-15(19)18-6-8-22-14(13-10-17-5-7-21-13)11-3-2-4-12(16)9-11/h2-4,9,13-14,17H,5-8,10H2,1H3,(H,18,19)/t13-,14?/m1/s1. The molecule has 1 aromatic carbocycles. The van der Waals surface area contributed by atoms with Gasteiger partial charge in [0.1, 0.15) is 18.0 Å². The Balaban J connectivity index is 1.97. The van der Waals surface area contributed by atoms with Crippen molar-refractivity contribution in [2.24, 2.45) is 0 Å². The van der Waals surface area contributed by atoms with Crippen molar-refractivity contribution in [3.8, 4) is 0 Å². The highest BCUT2D eigenvalue weighted by molar-refractivity contribution is 5.66. The van der Waals surface area contributed by atoms with Gasteiger partial charge in [-0.25, -0.2) is 9.18 Å². The lowest BCUT2D eigenvalue weighted by molar-refractivity contribution is -0.0853. The number of benzene rings is 1. The third-order valence-electron chi connectivity index (χ3n) is 3.33. The van der Waals surface area contributed by atoms with Crippen LogP contribution in [0.3, 0.4) is 0 Å². The van der Waals surface area contributed by atoms with Crippen molar-refractivity contribution in [3.05, 3.63) is 35.6 Å². The molecule has 122 valence electrons.